The maximum Gasteiger partial charge on any atom is 0.231 e. The Hall–Kier alpha value is -2.73. The van der Waals surface area contributed by atoms with Crippen molar-refractivity contribution in [1.29, 1.82) is 0 Å². The summed E-state index contributed by atoms with van der Waals surface area (Å²) in [5, 5.41) is 6.74. The summed E-state index contributed by atoms with van der Waals surface area (Å²) in [4.78, 5) is 26.9. The molecule has 0 unspecified atom stereocenters. The lowest BCUT2D eigenvalue weighted by Crippen LogP contribution is -2.54. The Bertz CT molecular complexity index is 992. The highest BCUT2D eigenvalue weighted by atomic mass is 32.1. The fraction of sp³-hybridized carbons (Fsp3) is 0.516. The first kappa shape index (κ1) is 28.8. The van der Waals surface area contributed by atoms with E-state index in [9.17, 15) is 9.59 Å². The quantitative estimate of drug-likeness (QED) is 0.223. The minimum absolute atomic E-state index is 0.0237. The summed E-state index contributed by atoms with van der Waals surface area (Å²) in [5.41, 5.74) is 6.82. The van der Waals surface area contributed by atoms with Crippen molar-refractivity contribution < 1.29 is 9.59 Å². The Morgan fingerprint density at radius 2 is 1.68 bits per heavy atom. The number of benzene rings is 2. The van der Waals surface area contributed by atoms with Gasteiger partial charge in [0.25, 0.3) is 0 Å². The monoisotopic (exact) mass is 521 g/mol. The molecule has 37 heavy (non-hydrogen) atoms. The molecule has 0 heterocycles. The van der Waals surface area contributed by atoms with Crippen molar-refractivity contribution in [3.8, 4) is 0 Å². The summed E-state index contributed by atoms with van der Waals surface area (Å²) in [5.74, 6) is -0.0944. The third kappa shape index (κ3) is 8.67. The molecular weight excluding hydrogens is 478 g/mol. The standard InChI is InChI=1S/C31H43N3O2S/c1-2-20-31(23-28(32)35,26-18-10-5-11-19-26)30(36)34-27(22-25-15-8-4-9-16-25)29(37)33-21-12-17-24-13-6-3-7-14-24/h3,5-7,10-11,13-14,18-19,25,27H,2,4,8-9,12,15-17,20-23H2,1H3,(H2,32,35)(H,33,37)(H,34,36)/t27-,31+/m0/s1. The molecule has 2 atom stereocenters. The molecular formula is C31H43N3O2S. The van der Waals surface area contributed by atoms with Crippen LogP contribution in [-0.2, 0) is 21.4 Å². The first-order valence-corrected chi connectivity index (χ1v) is 14.3. The van der Waals surface area contributed by atoms with Crippen LogP contribution in [-0.4, -0.2) is 29.4 Å². The van der Waals surface area contributed by atoms with E-state index in [-0.39, 0.29) is 18.4 Å². The molecule has 1 saturated carbocycles. The second-order valence-electron chi connectivity index (χ2n) is 10.5. The second kappa shape index (κ2) is 14.9. The lowest BCUT2D eigenvalue weighted by Gasteiger charge is -2.35. The first-order chi connectivity index (χ1) is 17.9. The first-order valence-electron chi connectivity index (χ1n) is 13.9. The third-order valence-electron chi connectivity index (χ3n) is 7.61. The molecule has 0 radical (unpaired) electrons. The predicted molar refractivity (Wildman–Crippen MR) is 155 cm³/mol. The van der Waals surface area contributed by atoms with Gasteiger partial charge in [0.2, 0.25) is 11.8 Å². The van der Waals surface area contributed by atoms with Crippen LogP contribution in [0.1, 0.15) is 82.3 Å². The zero-order valence-corrected chi connectivity index (χ0v) is 23.0. The number of carbonyl (C=O) groups excluding carboxylic acids is 2. The van der Waals surface area contributed by atoms with Crippen LogP contribution < -0.4 is 16.4 Å². The van der Waals surface area contributed by atoms with Gasteiger partial charge in [-0.15, -0.1) is 0 Å². The summed E-state index contributed by atoms with van der Waals surface area (Å²) >= 11 is 5.87. The Morgan fingerprint density at radius 3 is 2.30 bits per heavy atom. The van der Waals surface area contributed by atoms with Gasteiger partial charge in [0.1, 0.15) is 0 Å². The Morgan fingerprint density at radius 1 is 1.03 bits per heavy atom. The number of amides is 2. The number of hydrogen-bond acceptors (Lipinski definition) is 3. The summed E-state index contributed by atoms with van der Waals surface area (Å²) in [6.07, 6.45) is 10.1. The van der Waals surface area contributed by atoms with Crippen molar-refractivity contribution in [3.63, 3.8) is 0 Å². The van der Waals surface area contributed by atoms with Crippen molar-refractivity contribution in [2.45, 2.75) is 89.0 Å². The highest BCUT2D eigenvalue weighted by Crippen LogP contribution is 2.34. The lowest BCUT2D eigenvalue weighted by molar-refractivity contribution is -0.131. The number of hydrogen-bond donors (Lipinski definition) is 3. The van der Waals surface area contributed by atoms with E-state index in [2.05, 4.69) is 34.9 Å². The summed E-state index contributed by atoms with van der Waals surface area (Å²) in [6, 6.07) is 19.7. The Labute approximate surface area is 228 Å². The lowest BCUT2D eigenvalue weighted by atomic mass is 9.72. The van der Waals surface area contributed by atoms with Crippen molar-refractivity contribution in [3.05, 3.63) is 71.8 Å². The molecule has 0 spiro atoms. The molecule has 2 amide bonds. The van der Waals surface area contributed by atoms with E-state index in [1.807, 2.05) is 43.3 Å². The molecule has 5 nitrogen and oxygen atoms in total. The van der Waals surface area contributed by atoms with Crippen molar-refractivity contribution in [1.82, 2.24) is 10.6 Å². The second-order valence-corrected chi connectivity index (χ2v) is 10.9. The van der Waals surface area contributed by atoms with Gasteiger partial charge in [-0.25, -0.2) is 0 Å². The number of carbonyl (C=O) groups is 2. The summed E-state index contributed by atoms with van der Waals surface area (Å²) < 4.78 is 0. The van der Waals surface area contributed by atoms with Gasteiger partial charge in [-0.2, -0.15) is 0 Å². The SMILES string of the molecule is CCC[C@](CC(N)=O)(C(=O)N[C@@H](CC1CCCCC1)C(=S)NCCCc1ccccc1)c1ccccc1. The van der Waals surface area contributed by atoms with Crippen molar-refractivity contribution in [2.75, 3.05) is 6.54 Å². The van der Waals surface area contributed by atoms with Crippen LogP contribution >= 0.6 is 12.2 Å². The number of primary amides is 1. The molecule has 1 fully saturated rings. The van der Waals surface area contributed by atoms with Gasteiger partial charge in [0, 0.05) is 13.0 Å². The molecule has 0 aromatic heterocycles. The van der Waals surface area contributed by atoms with Crippen LogP contribution in [0.5, 0.6) is 0 Å². The van der Waals surface area contributed by atoms with Crippen LogP contribution in [0.4, 0.5) is 0 Å². The normalized spacial score (nSPS) is 16.4. The molecule has 2 aromatic carbocycles. The Kier molecular flexibility index (Phi) is 11.6. The van der Waals surface area contributed by atoms with Gasteiger partial charge in [-0.3, -0.25) is 9.59 Å². The van der Waals surface area contributed by atoms with E-state index in [1.54, 1.807) is 0 Å². The van der Waals surface area contributed by atoms with Gasteiger partial charge >= 0.3 is 0 Å². The van der Waals surface area contributed by atoms with E-state index in [1.165, 1.54) is 37.7 Å². The van der Waals surface area contributed by atoms with Crippen LogP contribution in [0.2, 0.25) is 0 Å². The molecule has 0 bridgehead atoms. The molecule has 0 aliphatic heterocycles. The molecule has 0 saturated heterocycles. The Balaban J connectivity index is 1.75. The molecule has 1 aliphatic rings. The minimum atomic E-state index is -1.00. The average molecular weight is 522 g/mol. The maximum absolute atomic E-state index is 14.1. The van der Waals surface area contributed by atoms with Gasteiger partial charge in [0.15, 0.2) is 0 Å². The smallest absolute Gasteiger partial charge is 0.231 e. The molecule has 4 N–H and O–H groups in total. The van der Waals surface area contributed by atoms with Crippen molar-refractivity contribution >= 4 is 29.0 Å². The number of aryl methyl sites for hydroxylation is 1. The van der Waals surface area contributed by atoms with Gasteiger partial charge in [-0.1, -0.05) is 118 Å². The minimum Gasteiger partial charge on any atom is -0.378 e. The van der Waals surface area contributed by atoms with Gasteiger partial charge in [0.05, 0.1) is 16.4 Å². The van der Waals surface area contributed by atoms with E-state index in [0.717, 1.165) is 37.8 Å². The van der Waals surface area contributed by atoms with E-state index in [4.69, 9.17) is 18.0 Å². The van der Waals surface area contributed by atoms with Crippen LogP contribution in [0, 0.1) is 5.92 Å². The fourth-order valence-electron chi connectivity index (χ4n) is 5.70. The van der Waals surface area contributed by atoms with Crippen molar-refractivity contribution in [2.24, 2.45) is 11.7 Å². The zero-order chi connectivity index (χ0) is 26.5. The highest BCUT2D eigenvalue weighted by molar-refractivity contribution is 7.80. The summed E-state index contributed by atoms with van der Waals surface area (Å²) in [6.45, 7) is 2.79. The number of rotatable bonds is 14. The maximum atomic E-state index is 14.1. The largest absolute Gasteiger partial charge is 0.378 e. The van der Waals surface area contributed by atoms with Crippen LogP contribution in [0.3, 0.4) is 0 Å². The van der Waals surface area contributed by atoms with Gasteiger partial charge < -0.3 is 16.4 Å². The van der Waals surface area contributed by atoms with E-state index in [0.29, 0.717) is 17.3 Å². The van der Waals surface area contributed by atoms with Gasteiger partial charge in [-0.05, 0) is 42.7 Å². The molecule has 3 rings (SSSR count). The van der Waals surface area contributed by atoms with Crippen LogP contribution in [0.25, 0.3) is 0 Å². The average Bonchev–Trinajstić information content (AvgIpc) is 2.91. The molecule has 1 aliphatic carbocycles. The zero-order valence-electron chi connectivity index (χ0n) is 22.2. The summed E-state index contributed by atoms with van der Waals surface area (Å²) in [7, 11) is 0. The highest BCUT2D eigenvalue weighted by Gasteiger charge is 2.42. The third-order valence-corrected chi connectivity index (χ3v) is 8.04. The fourth-order valence-corrected chi connectivity index (χ4v) is 5.95. The van der Waals surface area contributed by atoms with E-state index >= 15 is 0 Å². The predicted octanol–water partition coefficient (Wildman–Crippen LogP) is 5.60. The van der Waals surface area contributed by atoms with Crippen LogP contribution in [0.15, 0.2) is 60.7 Å². The van der Waals surface area contributed by atoms with E-state index < -0.39 is 11.3 Å². The molecule has 2 aromatic rings. The topological polar surface area (TPSA) is 84.2 Å². The number of nitrogens with two attached hydrogens (primary N) is 1. The molecule has 200 valence electrons. The number of thiocarbonyl (C=S) groups is 1. The number of nitrogens with one attached hydrogen (secondary N) is 2. The molecule has 6 heteroatoms.